The summed E-state index contributed by atoms with van der Waals surface area (Å²) < 4.78 is 7.39. The zero-order valence-corrected chi connectivity index (χ0v) is 11.4. The van der Waals surface area contributed by atoms with Crippen molar-refractivity contribution < 1.29 is 9.84 Å². The van der Waals surface area contributed by atoms with Crippen molar-refractivity contribution in [2.45, 2.75) is 25.0 Å². The van der Waals surface area contributed by atoms with Crippen molar-refractivity contribution in [3.8, 4) is 0 Å². The van der Waals surface area contributed by atoms with E-state index in [2.05, 4.69) is 4.98 Å². The van der Waals surface area contributed by atoms with E-state index in [0.29, 0.717) is 6.42 Å². The molecule has 1 aromatic heterocycles. The lowest BCUT2D eigenvalue weighted by Gasteiger charge is -2.21. The molecule has 0 fully saturated rings. The van der Waals surface area contributed by atoms with Crippen LogP contribution in [0.25, 0.3) is 0 Å². The summed E-state index contributed by atoms with van der Waals surface area (Å²) in [6.07, 6.45) is 4.21. The number of benzene rings is 1. The standard InChI is InChI=1S/C15H20N2O2/c1-17-11-10-16-14(17)9-8-13(18)15(19-2)12-6-4-3-5-7-12/h3-7,10-11,13,15,18H,8-9H2,1-2H3. The van der Waals surface area contributed by atoms with Crippen molar-refractivity contribution >= 4 is 0 Å². The van der Waals surface area contributed by atoms with Gasteiger partial charge in [-0.3, -0.25) is 0 Å². The Morgan fingerprint density at radius 2 is 2.05 bits per heavy atom. The lowest BCUT2D eigenvalue weighted by atomic mass is 10.0. The Balaban J connectivity index is 1.98. The van der Waals surface area contributed by atoms with Crippen LogP contribution < -0.4 is 0 Å². The van der Waals surface area contributed by atoms with E-state index in [9.17, 15) is 5.11 Å². The Kier molecular flexibility index (Phi) is 4.71. The van der Waals surface area contributed by atoms with Crippen LogP contribution in [0.5, 0.6) is 0 Å². The maximum atomic E-state index is 10.3. The van der Waals surface area contributed by atoms with Crippen molar-refractivity contribution in [3.05, 3.63) is 54.1 Å². The topological polar surface area (TPSA) is 47.3 Å². The molecular weight excluding hydrogens is 240 g/mol. The Hall–Kier alpha value is -1.65. The molecule has 19 heavy (non-hydrogen) atoms. The number of aromatic nitrogens is 2. The van der Waals surface area contributed by atoms with E-state index < -0.39 is 6.10 Å². The Morgan fingerprint density at radius 1 is 1.32 bits per heavy atom. The number of nitrogens with zero attached hydrogens (tertiary/aromatic N) is 2. The van der Waals surface area contributed by atoms with Crippen molar-refractivity contribution in [1.29, 1.82) is 0 Å². The normalized spacial score (nSPS) is 14.3. The van der Waals surface area contributed by atoms with E-state index >= 15 is 0 Å². The predicted molar refractivity (Wildman–Crippen MR) is 73.7 cm³/mol. The van der Waals surface area contributed by atoms with Gasteiger partial charge in [-0.05, 0) is 12.0 Å². The van der Waals surface area contributed by atoms with Crippen LogP contribution in [0.1, 0.15) is 23.9 Å². The number of ether oxygens (including phenoxy) is 1. The maximum Gasteiger partial charge on any atom is 0.108 e. The molecule has 2 aromatic rings. The number of aryl methyl sites for hydroxylation is 2. The highest BCUT2D eigenvalue weighted by molar-refractivity contribution is 5.18. The fourth-order valence-corrected chi connectivity index (χ4v) is 2.22. The second kappa shape index (κ2) is 6.50. The summed E-state index contributed by atoms with van der Waals surface area (Å²) in [5.74, 6) is 0.974. The van der Waals surface area contributed by atoms with Gasteiger partial charge in [0.2, 0.25) is 0 Å². The number of imidazole rings is 1. The van der Waals surface area contributed by atoms with Gasteiger partial charge in [0.05, 0.1) is 6.10 Å². The number of aliphatic hydroxyl groups is 1. The molecule has 1 aromatic carbocycles. The molecule has 0 spiro atoms. The average molecular weight is 260 g/mol. The highest BCUT2D eigenvalue weighted by atomic mass is 16.5. The van der Waals surface area contributed by atoms with E-state index in [1.165, 1.54) is 0 Å². The van der Waals surface area contributed by atoms with Crippen LogP contribution in [0.2, 0.25) is 0 Å². The lowest BCUT2D eigenvalue weighted by molar-refractivity contribution is -0.0173. The van der Waals surface area contributed by atoms with E-state index in [4.69, 9.17) is 4.74 Å². The minimum atomic E-state index is -0.538. The molecule has 1 N–H and O–H groups in total. The first-order valence-corrected chi connectivity index (χ1v) is 6.44. The summed E-state index contributed by atoms with van der Waals surface area (Å²) in [6.45, 7) is 0. The van der Waals surface area contributed by atoms with E-state index in [-0.39, 0.29) is 6.10 Å². The van der Waals surface area contributed by atoms with Gasteiger partial charge in [-0.25, -0.2) is 4.98 Å². The third-order valence-electron chi connectivity index (χ3n) is 3.32. The molecule has 0 saturated heterocycles. The summed E-state index contributed by atoms with van der Waals surface area (Å²) >= 11 is 0. The van der Waals surface area contributed by atoms with Crippen LogP contribution in [0, 0.1) is 0 Å². The fourth-order valence-electron chi connectivity index (χ4n) is 2.22. The Bertz CT molecular complexity index is 496. The van der Waals surface area contributed by atoms with E-state index in [0.717, 1.165) is 17.8 Å². The zero-order chi connectivity index (χ0) is 13.7. The number of aliphatic hydroxyl groups excluding tert-OH is 1. The Labute approximate surface area is 113 Å². The van der Waals surface area contributed by atoms with Crippen LogP contribution in [0.3, 0.4) is 0 Å². The quantitative estimate of drug-likeness (QED) is 0.865. The largest absolute Gasteiger partial charge is 0.390 e. The molecule has 0 aliphatic rings. The van der Waals surface area contributed by atoms with Crippen LogP contribution in [0.15, 0.2) is 42.7 Å². The molecule has 0 bridgehead atoms. The molecule has 0 radical (unpaired) electrons. The van der Waals surface area contributed by atoms with Crippen LogP contribution >= 0.6 is 0 Å². The van der Waals surface area contributed by atoms with Crippen molar-refractivity contribution in [2.24, 2.45) is 7.05 Å². The highest BCUT2D eigenvalue weighted by Crippen LogP contribution is 2.23. The number of methoxy groups -OCH3 is 1. The van der Waals surface area contributed by atoms with Crippen LogP contribution in [-0.4, -0.2) is 27.9 Å². The van der Waals surface area contributed by atoms with Gasteiger partial charge in [-0.1, -0.05) is 30.3 Å². The van der Waals surface area contributed by atoms with Gasteiger partial charge in [0.25, 0.3) is 0 Å². The van der Waals surface area contributed by atoms with Crippen molar-refractivity contribution in [3.63, 3.8) is 0 Å². The van der Waals surface area contributed by atoms with Gasteiger partial charge in [0, 0.05) is 33.0 Å². The third-order valence-corrected chi connectivity index (χ3v) is 3.32. The first-order chi connectivity index (χ1) is 9.22. The molecular formula is C15H20N2O2. The summed E-state index contributed by atoms with van der Waals surface area (Å²) in [6, 6.07) is 9.80. The highest BCUT2D eigenvalue weighted by Gasteiger charge is 2.20. The predicted octanol–water partition coefficient (Wildman–Crippen LogP) is 2.10. The van der Waals surface area contributed by atoms with Gasteiger partial charge < -0.3 is 14.4 Å². The van der Waals surface area contributed by atoms with Gasteiger partial charge in [0.15, 0.2) is 0 Å². The summed E-state index contributed by atoms with van der Waals surface area (Å²) in [7, 11) is 3.58. The van der Waals surface area contributed by atoms with E-state index in [1.807, 2.05) is 48.1 Å². The van der Waals surface area contributed by atoms with Crippen LogP contribution in [0.4, 0.5) is 0 Å². The number of rotatable bonds is 6. The van der Waals surface area contributed by atoms with Gasteiger partial charge in [-0.15, -0.1) is 0 Å². The summed E-state index contributed by atoms with van der Waals surface area (Å²) in [4.78, 5) is 4.26. The van der Waals surface area contributed by atoms with Gasteiger partial charge in [-0.2, -0.15) is 0 Å². The monoisotopic (exact) mass is 260 g/mol. The Morgan fingerprint density at radius 3 is 2.63 bits per heavy atom. The van der Waals surface area contributed by atoms with Gasteiger partial charge in [0.1, 0.15) is 11.9 Å². The van der Waals surface area contributed by atoms with E-state index in [1.54, 1.807) is 13.3 Å². The molecule has 4 heteroatoms. The first-order valence-electron chi connectivity index (χ1n) is 6.44. The second-order valence-electron chi connectivity index (χ2n) is 4.63. The number of hydrogen-bond acceptors (Lipinski definition) is 3. The zero-order valence-electron chi connectivity index (χ0n) is 11.4. The second-order valence-corrected chi connectivity index (χ2v) is 4.63. The van der Waals surface area contributed by atoms with Gasteiger partial charge >= 0.3 is 0 Å². The molecule has 1 heterocycles. The smallest absolute Gasteiger partial charge is 0.108 e. The molecule has 0 amide bonds. The van der Waals surface area contributed by atoms with Crippen molar-refractivity contribution in [1.82, 2.24) is 9.55 Å². The molecule has 2 rings (SSSR count). The maximum absolute atomic E-state index is 10.3. The molecule has 0 aliphatic carbocycles. The average Bonchev–Trinajstić information content (AvgIpc) is 2.84. The fraction of sp³-hybridized carbons (Fsp3) is 0.400. The van der Waals surface area contributed by atoms with Crippen LogP contribution in [-0.2, 0) is 18.2 Å². The molecule has 0 saturated carbocycles. The minimum absolute atomic E-state index is 0.290. The SMILES string of the molecule is COC(c1ccccc1)C(O)CCc1nccn1C. The van der Waals surface area contributed by atoms with Crippen molar-refractivity contribution in [2.75, 3.05) is 7.11 Å². The molecule has 4 nitrogen and oxygen atoms in total. The summed E-state index contributed by atoms with van der Waals surface area (Å²) in [5.41, 5.74) is 0.998. The minimum Gasteiger partial charge on any atom is -0.390 e. The first kappa shape index (κ1) is 13.8. The number of hydrogen-bond donors (Lipinski definition) is 1. The molecule has 2 unspecified atom stereocenters. The molecule has 2 atom stereocenters. The third kappa shape index (κ3) is 3.43. The summed E-state index contributed by atoms with van der Waals surface area (Å²) in [5, 5.41) is 10.3. The molecule has 102 valence electrons. The lowest BCUT2D eigenvalue weighted by Crippen LogP contribution is -2.21. The molecule has 0 aliphatic heterocycles.